The van der Waals surface area contributed by atoms with Gasteiger partial charge < -0.3 is 10.2 Å². The van der Waals surface area contributed by atoms with Crippen LogP contribution in [0.1, 0.15) is 47.2 Å². The fraction of sp³-hybridized carbons (Fsp3) is 0.435. The smallest absolute Gasteiger partial charge is 0.251 e. The molecule has 2 aliphatic rings. The van der Waals surface area contributed by atoms with Crippen molar-refractivity contribution in [2.45, 2.75) is 44.0 Å². The van der Waals surface area contributed by atoms with E-state index in [1.165, 1.54) is 0 Å². The average Bonchev–Trinajstić information content (AvgIpc) is 3.47. The molecule has 0 atom stereocenters. The zero-order valence-corrected chi connectivity index (χ0v) is 18.2. The van der Waals surface area contributed by atoms with E-state index in [0.717, 1.165) is 55.6 Å². The summed E-state index contributed by atoms with van der Waals surface area (Å²) in [6.07, 6.45) is 3.88. The summed E-state index contributed by atoms with van der Waals surface area (Å²) < 4.78 is 28.3. The van der Waals surface area contributed by atoms with Gasteiger partial charge >= 0.3 is 0 Å². The molecule has 2 heterocycles. The van der Waals surface area contributed by atoms with Gasteiger partial charge in [0, 0.05) is 38.3 Å². The van der Waals surface area contributed by atoms with Crippen molar-refractivity contribution in [3.63, 3.8) is 0 Å². The number of nitrogens with one attached hydrogen (secondary N) is 1. The largest absolute Gasteiger partial charge is 0.370 e. The van der Waals surface area contributed by atoms with Gasteiger partial charge in [-0.1, -0.05) is 24.3 Å². The summed E-state index contributed by atoms with van der Waals surface area (Å²) >= 11 is 0. The number of nitrogens with zero attached hydrogens (tertiary/aromatic N) is 2. The fourth-order valence-electron chi connectivity index (χ4n) is 4.23. The van der Waals surface area contributed by atoms with Gasteiger partial charge in [-0.2, -0.15) is 4.31 Å². The monoisotopic (exact) mass is 427 g/mol. The summed E-state index contributed by atoms with van der Waals surface area (Å²) in [6, 6.07) is 13.0. The molecule has 30 heavy (non-hydrogen) atoms. The molecule has 0 unspecified atom stereocenters. The summed E-state index contributed by atoms with van der Waals surface area (Å²) in [5, 5.41) is 2.93. The third-order valence-electron chi connectivity index (χ3n) is 6.05. The minimum atomic E-state index is -3.62. The van der Waals surface area contributed by atoms with Crippen LogP contribution in [0, 0.1) is 6.92 Å². The molecule has 2 aromatic carbocycles. The van der Waals surface area contributed by atoms with E-state index in [4.69, 9.17) is 0 Å². The molecule has 7 heteroatoms. The summed E-state index contributed by atoms with van der Waals surface area (Å²) in [5.41, 5.74) is 3.25. The first-order valence-corrected chi connectivity index (χ1v) is 12.1. The summed E-state index contributed by atoms with van der Waals surface area (Å²) in [7, 11) is -3.62. The maximum Gasteiger partial charge on any atom is 0.251 e. The molecule has 0 spiro atoms. The number of aryl methyl sites for hydroxylation is 1. The molecule has 4 rings (SSSR count). The van der Waals surface area contributed by atoms with Gasteiger partial charge in [-0.3, -0.25) is 4.79 Å². The first-order chi connectivity index (χ1) is 14.5. The number of sulfonamides is 1. The van der Waals surface area contributed by atoms with E-state index >= 15 is 0 Å². The van der Waals surface area contributed by atoms with Gasteiger partial charge in [-0.15, -0.1) is 0 Å². The zero-order chi connectivity index (χ0) is 21.1. The lowest BCUT2D eigenvalue weighted by Crippen LogP contribution is -2.31. The first-order valence-electron chi connectivity index (χ1n) is 10.7. The van der Waals surface area contributed by atoms with Crippen LogP contribution in [0.15, 0.2) is 47.4 Å². The predicted molar refractivity (Wildman–Crippen MR) is 118 cm³/mol. The second-order valence-electron chi connectivity index (χ2n) is 8.10. The molecule has 2 aromatic rings. The number of rotatable bonds is 6. The topological polar surface area (TPSA) is 69.7 Å². The van der Waals surface area contributed by atoms with Crippen LogP contribution in [-0.4, -0.2) is 44.8 Å². The van der Waals surface area contributed by atoms with Crippen LogP contribution in [0.4, 0.5) is 5.69 Å². The van der Waals surface area contributed by atoms with E-state index in [1.54, 1.807) is 22.5 Å². The maximum absolute atomic E-state index is 13.4. The Balaban J connectivity index is 1.62. The van der Waals surface area contributed by atoms with Crippen molar-refractivity contribution in [3.8, 4) is 0 Å². The fourth-order valence-corrected chi connectivity index (χ4v) is 5.99. The average molecular weight is 428 g/mol. The summed E-state index contributed by atoms with van der Waals surface area (Å²) in [4.78, 5) is 15.2. The highest BCUT2D eigenvalue weighted by atomic mass is 32.2. The Kier molecular flexibility index (Phi) is 6.11. The lowest BCUT2D eigenvalue weighted by atomic mass is 10.1. The molecule has 0 aromatic heterocycles. The third-order valence-corrected chi connectivity index (χ3v) is 7.98. The van der Waals surface area contributed by atoms with Crippen LogP contribution in [0.5, 0.6) is 0 Å². The van der Waals surface area contributed by atoms with Crippen molar-refractivity contribution in [3.05, 3.63) is 59.2 Å². The van der Waals surface area contributed by atoms with Crippen LogP contribution in [0.3, 0.4) is 0 Å². The van der Waals surface area contributed by atoms with Crippen LogP contribution in [0.25, 0.3) is 0 Å². The van der Waals surface area contributed by atoms with Gasteiger partial charge in [0.1, 0.15) is 4.90 Å². The normalized spacial score (nSPS) is 17.4. The van der Waals surface area contributed by atoms with E-state index < -0.39 is 10.0 Å². The number of amides is 1. The second kappa shape index (κ2) is 8.78. The molecule has 2 aliphatic heterocycles. The first kappa shape index (κ1) is 20.9. The standard InChI is InChI=1S/C23H29N3O3S/c1-18-8-2-3-9-20(18)17-24-23(27)19-10-11-21(25-12-4-5-13-25)22(16-19)30(28,29)26-14-6-7-15-26/h2-3,8-11,16H,4-7,12-15,17H2,1H3,(H,24,27). The SMILES string of the molecule is Cc1ccccc1CNC(=O)c1ccc(N2CCCC2)c(S(=O)(=O)N2CCCC2)c1. The zero-order valence-electron chi connectivity index (χ0n) is 17.4. The van der Waals surface area contributed by atoms with E-state index in [0.29, 0.717) is 25.2 Å². The molecule has 1 amide bonds. The Morgan fingerprint density at radius 2 is 1.63 bits per heavy atom. The van der Waals surface area contributed by atoms with E-state index in [-0.39, 0.29) is 10.8 Å². The van der Waals surface area contributed by atoms with Crippen LogP contribution < -0.4 is 10.2 Å². The van der Waals surface area contributed by atoms with Crippen molar-refractivity contribution >= 4 is 21.6 Å². The molecule has 2 fully saturated rings. The molecule has 1 N–H and O–H groups in total. The third kappa shape index (κ3) is 4.23. The molecular weight excluding hydrogens is 398 g/mol. The molecule has 2 saturated heterocycles. The van der Waals surface area contributed by atoms with Gasteiger partial charge in [-0.25, -0.2) is 8.42 Å². The molecule has 0 saturated carbocycles. The Morgan fingerprint density at radius 3 is 2.33 bits per heavy atom. The number of hydrogen-bond donors (Lipinski definition) is 1. The second-order valence-corrected chi connectivity index (χ2v) is 10.0. The molecule has 0 aliphatic carbocycles. The number of carbonyl (C=O) groups excluding carboxylic acids is 1. The van der Waals surface area contributed by atoms with Crippen molar-refractivity contribution in [2.75, 3.05) is 31.1 Å². The van der Waals surface area contributed by atoms with Gasteiger partial charge in [0.15, 0.2) is 0 Å². The van der Waals surface area contributed by atoms with Crippen LogP contribution >= 0.6 is 0 Å². The van der Waals surface area contributed by atoms with E-state index in [1.807, 2.05) is 31.2 Å². The lowest BCUT2D eigenvalue weighted by Gasteiger charge is -2.24. The van der Waals surface area contributed by atoms with Crippen molar-refractivity contribution < 1.29 is 13.2 Å². The quantitative estimate of drug-likeness (QED) is 0.768. The Bertz CT molecular complexity index is 1020. The highest BCUT2D eigenvalue weighted by Crippen LogP contribution is 2.32. The van der Waals surface area contributed by atoms with Crippen molar-refractivity contribution in [1.82, 2.24) is 9.62 Å². The molecule has 0 radical (unpaired) electrons. The minimum Gasteiger partial charge on any atom is -0.370 e. The number of anilines is 1. The molecular formula is C23H29N3O3S. The van der Waals surface area contributed by atoms with Gasteiger partial charge in [0.25, 0.3) is 5.91 Å². The highest BCUT2D eigenvalue weighted by Gasteiger charge is 2.32. The van der Waals surface area contributed by atoms with Gasteiger partial charge in [-0.05, 0) is 61.9 Å². The van der Waals surface area contributed by atoms with Crippen LogP contribution in [0.2, 0.25) is 0 Å². The molecule has 0 bridgehead atoms. The number of carbonyl (C=O) groups is 1. The predicted octanol–water partition coefficient (Wildman–Crippen LogP) is 3.31. The number of benzene rings is 2. The number of hydrogen-bond acceptors (Lipinski definition) is 4. The van der Waals surface area contributed by atoms with Gasteiger partial charge in [0.05, 0.1) is 5.69 Å². The highest BCUT2D eigenvalue weighted by molar-refractivity contribution is 7.89. The summed E-state index contributed by atoms with van der Waals surface area (Å²) in [5.74, 6) is -0.260. The minimum absolute atomic E-state index is 0.259. The maximum atomic E-state index is 13.4. The lowest BCUT2D eigenvalue weighted by molar-refractivity contribution is 0.0950. The van der Waals surface area contributed by atoms with Crippen molar-refractivity contribution in [2.24, 2.45) is 0 Å². The Labute approximate surface area is 178 Å². The van der Waals surface area contributed by atoms with E-state index in [9.17, 15) is 13.2 Å². The van der Waals surface area contributed by atoms with Gasteiger partial charge in [0.2, 0.25) is 10.0 Å². The summed E-state index contributed by atoms with van der Waals surface area (Å²) in [6.45, 7) is 5.21. The Morgan fingerprint density at radius 1 is 0.967 bits per heavy atom. The van der Waals surface area contributed by atoms with Crippen LogP contribution in [-0.2, 0) is 16.6 Å². The Hall–Kier alpha value is -2.38. The van der Waals surface area contributed by atoms with E-state index in [2.05, 4.69) is 10.2 Å². The molecule has 160 valence electrons. The molecule has 6 nitrogen and oxygen atoms in total. The van der Waals surface area contributed by atoms with Crippen molar-refractivity contribution in [1.29, 1.82) is 0 Å².